The Kier molecular flexibility index (Phi) is 3.89. The predicted octanol–water partition coefficient (Wildman–Crippen LogP) is -0.0999. The highest BCUT2D eigenvalue weighted by Crippen LogP contribution is 1.93. The molecule has 0 atom stereocenters. The van der Waals surface area contributed by atoms with Gasteiger partial charge in [-0.2, -0.15) is 0 Å². The lowest BCUT2D eigenvalue weighted by atomic mass is 10.3. The third kappa shape index (κ3) is 3.50. The molecule has 0 saturated carbocycles. The summed E-state index contributed by atoms with van der Waals surface area (Å²) in [5.74, 6) is 3.68. The van der Waals surface area contributed by atoms with Gasteiger partial charge in [0.1, 0.15) is 0 Å². The van der Waals surface area contributed by atoms with E-state index in [1.807, 2.05) is 5.92 Å². The SMILES string of the molecule is O=CC#CC(=O)NCc1ccncc1. The second-order valence-electron chi connectivity index (χ2n) is 2.43. The van der Waals surface area contributed by atoms with Gasteiger partial charge in [0.15, 0.2) is 6.29 Å². The van der Waals surface area contributed by atoms with Crippen molar-refractivity contribution in [2.24, 2.45) is 0 Å². The molecule has 1 heterocycles. The number of aldehydes is 1. The van der Waals surface area contributed by atoms with Crippen molar-refractivity contribution < 1.29 is 9.59 Å². The lowest BCUT2D eigenvalue weighted by Crippen LogP contribution is -2.20. The molecule has 1 rings (SSSR count). The molecule has 1 N–H and O–H groups in total. The van der Waals surface area contributed by atoms with Gasteiger partial charge >= 0.3 is 0 Å². The molecule has 14 heavy (non-hydrogen) atoms. The second kappa shape index (κ2) is 5.49. The van der Waals surface area contributed by atoms with E-state index in [2.05, 4.69) is 16.2 Å². The Balaban J connectivity index is 2.42. The van der Waals surface area contributed by atoms with Crippen molar-refractivity contribution in [2.75, 3.05) is 0 Å². The van der Waals surface area contributed by atoms with Gasteiger partial charge < -0.3 is 5.32 Å². The number of nitrogens with zero attached hydrogens (tertiary/aromatic N) is 1. The summed E-state index contributed by atoms with van der Waals surface area (Å²) in [6.45, 7) is 0.384. The summed E-state index contributed by atoms with van der Waals surface area (Å²) in [6, 6.07) is 3.57. The lowest BCUT2D eigenvalue weighted by molar-refractivity contribution is -0.116. The molecule has 0 saturated heterocycles. The van der Waals surface area contributed by atoms with Crippen molar-refractivity contribution in [1.82, 2.24) is 10.3 Å². The average Bonchev–Trinajstić information content (AvgIpc) is 2.25. The van der Waals surface area contributed by atoms with Gasteiger partial charge in [-0.15, -0.1) is 0 Å². The van der Waals surface area contributed by atoms with Crippen LogP contribution in [-0.2, 0) is 16.1 Å². The van der Waals surface area contributed by atoms with Gasteiger partial charge in [-0.3, -0.25) is 14.6 Å². The fourth-order valence-electron chi connectivity index (χ4n) is 0.822. The molecule has 1 aromatic rings. The van der Waals surface area contributed by atoms with E-state index in [0.717, 1.165) is 5.56 Å². The quantitative estimate of drug-likeness (QED) is 0.520. The number of nitrogens with one attached hydrogen (secondary N) is 1. The number of amides is 1. The molecule has 0 radical (unpaired) electrons. The van der Waals surface area contributed by atoms with Crippen LogP contribution >= 0.6 is 0 Å². The molecule has 1 amide bonds. The maximum Gasteiger partial charge on any atom is 0.296 e. The molecule has 1 aromatic heterocycles. The number of hydrogen-bond acceptors (Lipinski definition) is 3. The van der Waals surface area contributed by atoms with E-state index < -0.39 is 5.91 Å². The number of aromatic nitrogens is 1. The first-order valence-electron chi connectivity index (χ1n) is 3.95. The summed E-state index contributed by atoms with van der Waals surface area (Å²) in [4.78, 5) is 24.6. The number of hydrogen-bond donors (Lipinski definition) is 1. The van der Waals surface area contributed by atoms with Crippen LogP contribution in [-0.4, -0.2) is 17.2 Å². The van der Waals surface area contributed by atoms with E-state index >= 15 is 0 Å². The first-order valence-corrected chi connectivity index (χ1v) is 3.95. The molecule has 4 heteroatoms. The molecular weight excluding hydrogens is 180 g/mol. The van der Waals surface area contributed by atoms with Gasteiger partial charge in [0.2, 0.25) is 0 Å². The van der Waals surface area contributed by atoms with Crippen molar-refractivity contribution >= 4 is 12.2 Å². The molecule has 0 fully saturated rings. The van der Waals surface area contributed by atoms with Crippen molar-refractivity contribution in [1.29, 1.82) is 0 Å². The Morgan fingerprint density at radius 2 is 2.21 bits per heavy atom. The molecule has 70 valence electrons. The molecule has 0 spiro atoms. The number of rotatable bonds is 2. The smallest absolute Gasteiger partial charge is 0.296 e. The maximum absolute atomic E-state index is 10.9. The van der Waals surface area contributed by atoms with Crippen LogP contribution in [0.2, 0.25) is 0 Å². The highest BCUT2D eigenvalue weighted by Gasteiger charge is 1.95. The van der Waals surface area contributed by atoms with Gasteiger partial charge in [0.25, 0.3) is 5.91 Å². The van der Waals surface area contributed by atoms with E-state index in [1.165, 1.54) is 0 Å². The minimum Gasteiger partial charge on any atom is -0.341 e. The minimum absolute atomic E-state index is 0.381. The van der Waals surface area contributed by atoms with Gasteiger partial charge in [0.05, 0.1) is 0 Å². The summed E-state index contributed by atoms with van der Waals surface area (Å²) in [5, 5.41) is 2.53. The molecule has 0 unspecified atom stereocenters. The highest BCUT2D eigenvalue weighted by molar-refractivity contribution is 5.97. The largest absolute Gasteiger partial charge is 0.341 e. The second-order valence-corrected chi connectivity index (χ2v) is 2.43. The fourth-order valence-corrected chi connectivity index (χ4v) is 0.822. The highest BCUT2D eigenvalue weighted by atomic mass is 16.1. The van der Waals surface area contributed by atoms with E-state index in [1.54, 1.807) is 24.5 Å². The minimum atomic E-state index is -0.464. The zero-order valence-corrected chi connectivity index (χ0v) is 7.36. The zero-order chi connectivity index (χ0) is 10.2. The number of carbonyl (C=O) groups is 2. The van der Waals surface area contributed by atoms with Crippen LogP contribution in [0.1, 0.15) is 5.56 Å². The van der Waals surface area contributed by atoms with Crippen molar-refractivity contribution in [3.63, 3.8) is 0 Å². The third-order valence-corrected chi connectivity index (χ3v) is 1.45. The van der Waals surface area contributed by atoms with E-state index in [4.69, 9.17) is 0 Å². The Bertz CT molecular complexity index is 376. The lowest BCUT2D eigenvalue weighted by Gasteiger charge is -1.99. The van der Waals surface area contributed by atoms with Crippen molar-refractivity contribution in [3.8, 4) is 11.8 Å². The molecule has 0 aliphatic rings. The molecule has 0 aromatic carbocycles. The van der Waals surface area contributed by atoms with Crippen LogP contribution in [0.25, 0.3) is 0 Å². The van der Waals surface area contributed by atoms with E-state index in [0.29, 0.717) is 12.8 Å². The van der Waals surface area contributed by atoms with Gasteiger partial charge in [0, 0.05) is 24.9 Å². The molecular formula is C10H8N2O2. The summed E-state index contributed by atoms with van der Waals surface area (Å²) >= 11 is 0. The monoisotopic (exact) mass is 188 g/mol. The van der Waals surface area contributed by atoms with Crippen LogP contribution in [0.3, 0.4) is 0 Å². The van der Waals surface area contributed by atoms with Gasteiger partial charge in [-0.1, -0.05) is 0 Å². The summed E-state index contributed by atoms with van der Waals surface area (Å²) in [6.07, 6.45) is 3.66. The van der Waals surface area contributed by atoms with E-state index in [9.17, 15) is 9.59 Å². The summed E-state index contributed by atoms with van der Waals surface area (Å²) in [7, 11) is 0. The maximum atomic E-state index is 10.9. The topological polar surface area (TPSA) is 59.1 Å². The van der Waals surface area contributed by atoms with Crippen LogP contribution in [0.15, 0.2) is 24.5 Å². The van der Waals surface area contributed by atoms with Crippen molar-refractivity contribution in [2.45, 2.75) is 6.54 Å². The van der Waals surface area contributed by atoms with Crippen molar-refractivity contribution in [3.05, 3.63) is 30.1 Å². The summed E-state index contributed by atoms with van der Waals surface area (Å²) < 4.78 is 0. The van der Waals surface area contributed by atoms with Gasteiger partial charge in [-0.25, -0.2) is 0 Å². The van der Waals surface area contributed by atoms with E-state index in [-0.39, 0.29) is 0 Å². The van der Waals surface area contributed by atoms with Gasteiger partial charge in [-0.05, 0) is 23.6 Å². The standard InChI is InChI=1S/C10H8N2O2/c13-7-1-2-10(14)12-8-9-3-5-11-6-4-9/h3-7H,8H2,(H,12,14). The Morgan fingerprint density at radius 3 is 2.86 bits per heavy atom. The molecule has 0 bridgehead atoms. The molecule has 4 nitrogen and oxygen atoms in total. The molecule has 0 aliphatic heterocycles. The average molecular weight is 188 g/mol. The Morgan fingerprint density at radius 1 is 1.50 bits per heavy atom. The first kappa shape index (κ1) is 9.93. The van der Waals surface area contributed by atoms with Crippen LogP contribution in [0, 0.1) is 11.8 Å². The number of pyridine rings is 1. The Labute approximate surface area is 81.3 Å². The first-order chi connectivity index (χ1) is 6.83. The summed E-state index contributed by atoms with van der Waals surface area (Å²) in [5.41, 5.74) is 0.932. The van der Waals surface area contributed by atoms with Crippen LogP contribution in [0.4, 0.5) is 0 Å². The Hall–Kier alpha value is -2.15. The predicted molar refractivity (Wildman–Crippen MR) is 49.9 cm³/mol. The normalized spacial score (nSPS) is 8.29. The number of carbonyl (C=O) groups excluding carboxylic acids is 2. The zero-order valence-electron chi connectivity index (χ0n) is 7.36. The van der Waals surface area contributed by atoms with Crippen LogP contribution in [0.5, 0.6) is 0 Å². The van der Waals surface area contributed by atoms with Crippen LogP contribution < -0.4 is 5.32 Å². The third-order valence-electron chi connectivity index (χ3n) is 1.45. The molecule has 0 aliphatic carbocycles. The fraction of sp³-hybridized carbons (Fsp3) is 0.100.